The molecular formula is C21H23ClN4O5S. The van der Waals surface area contributed by atoms with E-state index >= 15 is 0 Å². The molecule has 11 heteroatoms. The lowest BCUT2D eigenvalue weighted by molar-refractivity contribution is -0.129. The molecule has 5 N–H and O–H groups in total. The van der Waals surface area contributed by atoms with Crippen LogP contribution < -0.4 is 21.3 Å². The number of aromatic carboxylic acids is 1. The number of anilines is 1. The standard InChI is InChI=1S/C11H14N2O2.C10H8N2O3S.ClH/c1-11(2)10(14)13-8-5-7(6-12)3-4-9(8)15-11;13-8-6-4-2-1-3-5(4)16-9(6)12-7(11-8)10(14)15;/h3-5H,6,12H2,1-2H3,(H,13,14);1-3H2,(H,14,15)(H,11,12,13);1H. The van der Waals surface area contributed by atoms with Crippen LogP contribution in [0.1, 0.15) is 46.9 Å². The highest BCUT2D eigenvalue weighted by Crippen LogP contribution is 2.35. The Morgan fingerprint density at radius 2 is 2.06 bits per heavy atom. The van der Waals surface area contributed by atoms with Crippen LogP contribution in [0.5, 0.6) is 5.75 Å². The van der Waals surface area contributed by atoms with Crippen molar-refractivity contribution >= 4 is 51.5 Å². The number of halogens is 1. The quantitative estimate of drug-likeness (QED) is 0.442. The number of hydrogen-bond acceptors (Lipinski definition) is 7. The normalized spacial score (nSPS) is 15.4. The lowest BCUT2D eigenvalue weighted by atomic mass is 10.1. The molecule has 5 rings (SSSR count). The van der Waals surface area contributed by atoms with Gasteiger partial charge in [-0.15, -0.1) is 23.7 Å². The highest BCUT2D eigenvalue weighted by atomic mass is 35.5. The summed E-state index contributed by atoms with van der Waals surface area (Å²) in [6.07, 6.45) is 2.93. The van der Waals surface area contributed by atoms with Crippen molar-refractivity contribution < 1.29 is 19.4 Å². The predicted octanol–water partition coefficient (Wildman–Crippen LogP) is 2.85. The number of carbonyl (C=O) groups is 2. The molecule has 0 unspecified atom stereocenters. The van der Waals surface area contributed by atoms with Gasteiger partial charge in [0.1, 0.15) is 10.6 Å². The van der Waals surface area contributed by atoms with Crippen LogP contribution in [0.15, 0.2) is 23.0 Å². The van der Waals surface area contributed by atoms with E-state index in [1.54, 1.807) is 13.8 Å². The van der Waals surface area contributed by atoms with E-state index in [1.165, 1.54) is 16.2 Å². The smallest absolute Gasteiger partial charge is 0.372 e. The third-order valence-corrected chi connectivity index (χ3v) is 6.40. The summed E-state index contributed by atoms with van der Waals surface area (Å²) >= 11 is 1.44. The van der Waals surface area contributed by atoms with Gasteiger partial charge in [0.05, 0.1) is 11.1 Å². The Morgan fingerprint density at radius 1 is 1.31 bits per heavy atom. The summed E-state index contributed by atoms with van der Waals surface area (Å²) in [5.74, 6) is -0.925. The van der Waals surface area contributed by atoms with Gasteiger partial charge in [-0.2, -0.15) is 0 Å². The molecule has 0 radical (unpaired) electrons. The van der Waals surface area contributed by atoms with Gasteiger partial charge < -0.3 is 25.9 Å². The Hall–Kier alpha value is -2.95. The molecule has 170 valence electrons. The molecular weight excluding hydrogens is 456 g/mol. The van der Waals surface area contributed by atoms with Crippen LogP contribution in [-0.2, 0) is 24.2 Å². The molecule has 0 atom stereocenters. The van der Waals surface area contributed by atoms with Gasteiger partial charge in [-0.25, -0.2) is 9.78 Å². The second-order valence-corrected chi connectivity index (χ2v) is 8.94. The van der Waals surface area contributed by atoms with E-state index in [1.807, 2.05) is 18.2 Å². The Bertz CT molecular complexity index is 1270. The molecule has 1 aromatic carbocycles. The van der Waals surface area contributed by atoms with Crippen LogP contribution >= 0.6 is 23.7 Å². The van der Waals surface area contributed by atoms with Gasteiger partial charge in [0.2, 0.25) is 5.82 Å². The number of thiophene rings is 1. The number of carbonyl (C=O) groups excluding carboxylic acids is 1. The number of benzene rings is 1. The molecule has 32 heavy (non-hydrogen) atoms. The molecule has 0 fully saturated rings. The van der Waals surface area contributed by atoms with Crippen LogP contribution in [0.25, 0.3) is 10.2 Å². The molecule has 0 spiro atoms. The fraction of sp³-hybridized carbons (Fsp3) is 0.333. The van der Waals surface area contributed by atoms with Gasteiger partial charge in [0, 0.05) is 11.4 Å². The number of aryl methyl sites for hydroxylation is 2. The van der Waals surface area contributed by atoms with E-state index in [-0.39, 0.29) is 29.7 Å². The zero-order valence-corrected chi connectivity index (χ0v) is 19.1. The van der Waals surface area contributed by atoms with Gasteiger partial charge in [-0.1, -0.05) is 6.07 Å². The molecule has 3 heterocycles. The number of hydrogen-bond donors (Lipinski definition) is 4. The molecule has 3 aromatic rings. The Morgan fingerprint density at radius 3 is 2.75 bits per heavy atom. The first kappa shape index (κ1) is 23.7. The highest BCUT2D eigenvalue weighted by Gasteiger charge is 2.35. The van der Waals surface area contributed by atoms with Crippen molar-refractivity contribution in [3.05, 3.63) is 50.4 Å². The fourth-order valence-electron chi connectivity index (χ4n) is 3.59. The first-order valence-corrected chi connectivity index (χ1v) is 10.6. The number of nitrogens with one attached hydrogen (secondary N) is 2. The van der Waals surface area contributed by atoms with Gasteiger partial charge in [0.15, 0.2) is 5.60 Å². The molecule has 0 saturated heterocycles. The lowest BCUT2D eigenvalue weighted by Crippen LogP contribution is -2.45. The SMILES string of the molecule is CC1(C)Oc2ccc(CN)cc2NC1=O.Cl.O=C(O)c1nc2sc3c(c2c(=O)[nH]1)CCC3. The number of carboxylic acid groups (broad SMARTS) is 1. The third kappa shape index (κ3) is 4.34. The van der Waals surface area contributed by atoms with Crippen molar-refractivity contribution in [2.24, 2.45) is 5.73 Å². The monoisotopic (exact) mass is 478 g/mol. The number of H-pyrrole nitrogens is 1. The van der Waals surface area contributed by atoms with Crippen molar-refractivity contribution in [2.75, 3.05) is 5.32 Å². The number of fused-ring (bicyclic) bond motifs is 4. The van der Waals surface area contributed by atoms with E-state index in [9.17, 15) is 14.4 Å². The van der Waals surface area contributed by atoms with E-state index < -0.39 is 11.6 Å². The highest BCUT2D eigenvalue weighted by molar-refractivity contribution is 7.18. The maximum atomic E-state index is 11.8. The van der Waals surface area contributed by atoms with Gasteiger partial charge in [-0.05, 0) is 56.4 Å². The summed E-state index contributed by atoms with van der Waals surface area (Å²) in [7, 11) is 0. The molecule has 0 saturated carbocycles. The number of rotatable bonds is 2. The molecule has 2 aliphatic rings. The summed E-state index contributed by atoms with van der Waals surface area (Å²) in [5.41, 5.74) is 7.10. The predicted molar refractivity (Wildman–Crippen MR) is 124 cm³/mol. The maximum absolute atomic E-state index is 11.8. The number of amides is 1. The van der Waals surface area contributed by atoms with E-state index in [2.05, 4.69) is 15.3 Å². The van der Waals surface area contributed by atoms with E-state index in [0.29, 0.717) is 28.2 Å². The largest absolute Gasteiger partial charge is 0.476 e. The van der Waals surface area contributed by atoms with Crippen molar-refractivity contribution in [3.8, 4) is 5.75 Å². The Labute approximate surface area is 193 Å². The van der Waals surface area contributed by atoms with Gasteiger partial charge in [0.25, 0.3) is 11.5 Å². The van der Waals surface area contributed by atoms with Gasteiger partial charge >= 0.3 is 5.97 Å². The van der Waals surface area contributed by atoms with E-state index in [4.69, 9.17) is 15.6 Å². The first-order valence-electron chi connectivity index (χ1n) is 9.81. The molecule has 1 aliphatic heterocycles. The summed E-state index contributed by atoms with van der Waals surface area (Å²) < 4.78 is 5.58. The number of ether oxygens (including phenoxy) is 1. The molecule has 1 aliphatic carbocycles. The lowest BCUT2D eigenvalue weighted by Gasteiger charge is -2.31. The van der Waals surface area contributed by atoms with Crippen molar-refractivity contribution in [1.82, 2.24) is 9.97 Å². The van der Waals surface area contributed by atoms with Gasteiger partial charge in [-0.3, -0.25) is 9.59 Å². The molecule has 0 bridgehead atoms. The maximum Gasteiger partial charge on any atom is 0.372 e. The average Bonchev–Trinajstić information content (AvgIpc) is 3.29. The number of aromatic amines is 1. The Kier molecular flexibility index (Phi) is 6.59. The van der Waals surface area contributed by atoms with Crippen LogP contribution in [0.2, 0.25) is 0 Å². The van der Waals surface area contributed by atoms with Crippen LogP contribution in [0, 0.1) is 0 Å². The topological polar surface area (TPSA) is 147 Å². The minimum absolute atomic E-state index is 0. The zero-order chi connectivity index (χ0) is 22.3. The van der Waals surface area contributed by atoms with Crippen molar-refractivity contribution in [3.63, 3.8) is 0 Å². The third-order valence-electron chi connectivity index (χ3n) is 5.22. The van der Waals surface area contributed by atoms with Crippen molar-refractivity contribution in [1.29, 1.82) is 0 Å². The summed E-state index contributed by atoms with van der Waals surface area (Å²) in [4.78, 5) is 42.1. The average molecular weight is 479 g/mol. The van der Waals surface area contributed by atoms with Crippen molar-refractivity contribution in [2.45, 2.75) is 45.3 Å². The minimum Gasteiger partial charge on any atom is -0.476 e. The zero-order valence-electron chi connectivity index (χ0n) is 17.5. The summed E-state index contributed by atoms with van der Waals surface area (Å²) in [6.45, 7) is 3.93. The minimum atomic E-state index is -1.20. The number of nitrogens with zero attached hydrogens (tertiary/aromatic N) is 1. The van der Waals surface area contributed by atoms with Crippen LogP contribution in [0.3, 0.4) is 0 Å². The van der Waals surface area contributed by atoms with Crippen LogP contribution in [-0.4, -0.2) is 32.6 Å². The Balaban J connectivity index is 0.000000176. The first-order chi connectivity index (χ1) is 14.7. The fourth-order valence-corrected chi connectivity index (χ4v) is 4.85. The molecule has 9 nitrogen and oxygen atoms in total. The number of carboxylic acids is 1. The second-order valence-electron chi connectivity index (χ2n) is 7.86. The number of aromatic nitrogens is 2. The second kappa shape index (κ2) is 8.89. The number of nitrogens with two attached hydrogens (primary N) is 1. The van der Waals surface area contributed by atoms with E-state index in [0.717, 1.165) is 30.4 Å². The van der Waals surface area contributed by atoms with Crippen LogP contribution in [0.4, 0.5) is 5.69 Å². The summed E-state index contributed by atoms with van der Waals surface area (Å²) in [6, 6.07) is 5.56. The molecule has 2 aromatic heterocycles. The molecule has 1 amide bonds. The summed E-state index contributed by atoms with van der Waals surface area (Å²) in [5, 5.41) is 12.2.